The molecule has 0 fully saturated rings. The van der Waals surface area contributed by atoms with E-state index < -0.39 is 0 Å². The van der Waals surface area contributed by atoms with Crippen LogP contribution in [0.5, 0.6) is 0 Å². The number of rotatable bonds is 4. The Bertz CT molecular complexity index is 388. The molecule has 15 heavy (non-hydrogen) atoms. The molecule has 1 rings (SSSR count). The van der Waals surface area contributed by atoms with E-state index in [9.17, 15) is 10.1 Å². The number of hydrogen-bond acceptors (Lipinski definition) is 3. The van der Waals surface area contributed by atoms with E-state index >= 15 is 0 Å². The lowest BCUT2D eigenvalue weighted by molar-refractivity contribution is -0.385. The molecule has 80 valence electrons. The van der Waals surface area contributed by atoms with Gasteiger partial charge in [0.1, 0.15) is 0 Å². The van der Waals surface area contributed by atoms with Crippen LogP contribution >= 0.6 is 12.6 Å². The Hall–Kier alpha value is -1.29. The monoisotopic (exact) mass is 223 g/mol. The van der Waals surface area contributed by atoms with Gasteiger partial charge in [-0.3, -0.25) is 10.1 Å². The Morgan fingerprint density at radius 1 is 1.53 bits per heavy atom. The molecule has 0 atom stereocenters. The van der Waals surface area contributed by atoms with Crippen molar-refractivity contribution in [3.8, 4) is 0 Å². The molecule has 1 aromatic rings. The van der Waals surface area contributed by atoms with E-state index in [4.69, 9.17) is 0 Å². The second kappa shape index (κ2) is 5.56. The van der Waals surface area contributed by atoms with Crippen LogP contribution in [-0.2, 0) is 0 Å². The number of benzene rings is 1. The average molecular weight is 223 g/mol. The molecule has 0 aliphatic carbocycles. The van der Waals surface area contributed by atoms with Crippen molar-refractivity contribution in [3.63, 3.8) is 0 Å². The van der Waals surface area contributed by atoms with Gasteiger partial charge in [-0.2, -0.15) is 12.6 Å². The molecule has 0 saturated heterocycles. The second-order valence-electron chi connectivity index (χ2n) is 3.22. The molecule has 0 N–H and O–H groups in total. The Morgan fingerprint density at radius 2 is 2.27 bits per heavy atom. The standard InChI is InChI=1S/C11H13NO2S/c1-9-5-6-10(4-2-3-7-15)8-11(9)12(13)14/h2,4-6,8,15H,3,7H2,1H3. The highest BCUT2D eigenvalue weighted by atomic mass is 32.1. The second-order valence-corrected chi connectivity index (χ2v) is 3.66. The molecule has 0 heterocycles. The van der Waals surface area contributed by atoms with Crippen molar-refractivity contribution in [2.45, 2.75) is 13.3 Å². The lowest BCUT2D eigenvalue weighted by atomic mass is 10.1. The van der Waals surface area contributed by atoms with Gasteiger partial charge in [0.25, 0.3) is 5.69 Å². The van der Waals surface area contributed by atoms with Gasteiger partial charge in [-0.05, 0) is 24.7 Å². The first-order chi connectivity index (χ1) is 7.15. The van der Waals surface area contributed by atoms with Crippen LogP contribution in [0.1, 0.15) is 17.5 Å². The molecular weight excluding hydrogens is 210 g/mol. The van der Waals surface area contributed by atoms with Crippen LogP contribution in [0.2, 0.25) is 0 Å². The normalized spacial score (nSPS) is 10.8. The van der Waals surface area contributed by atoms with Crippen LogP contribution in [-0.4, -0.2) is 10.7 Å². The summed E-state index contributed by atoms with van der Waals surface area (Å²) >= 11 is 4.08. The van der Waals surface area contributed by atoms with Crippen LogP contribution in [0.15, 0.2) is 24.3 Å². The van der Waals surface area contributed by atoms with Crippen molar-refractivity contribution in [1.82, 2.24) is 0 Å². The van der Waals surface area contributed by atoms with E-state index in [0.717, 1.165) is 17.7 Å². The summed E-state index contributed by atoms with van der Waals surface area (Å²) in [4.78, 5) is 10.3. The topological polar surface area (TPSA) is 43.1 Å². The zero-order valence-corrected chi connectivity index (χ0v) is 9.41. The van der Waals surface area contributed by atoms with E-state index in [2.05, 4.69) is 12.6 Å². The minimum atomic E-state index is -0.356. The molecule has 0 radical (unpaired) electrons. The molecule has 1 aromatic carbocycles. The van der Waals surface area contributed by atoms with Crippen molar-refractivity contribution < 1.29 is 4.92 Å². The molecule has 0 unspecified atom stereocenters. The predicted molar refractivity (Wildman–Crippen MR) is 65.3 cm³/mol. The molecule has 0 amide bonds. The number of nitrogens with zero attached hydrogens (tertiary/aromatic N) is 1. The van der Waals surface area contributed by atoms with Gasteiger partial charge >= 0.3 is 0 Å². The van der Waals surface area contributed by atoms with Crippen LogP contribution < -0.4 is 0 Å². The summed E-state index contributed by atoms with van der Waals surface area (Å²) in [5, 5.41) is 10.7. The van der Waals surface area contributed by atoms with Gasteiger partial charge < -0.3 is 0 Å². The first-order valence-electron chi connectivity index (χ1n) is 4.67. The third kappa shape index (κ3) is 3.40. The molecule has 4 heteroatoms. The van der Waals surface area contributed by atoms with Gasteiger partial charge in [-0.1, -0.05) is 24.3 Å². The predicted octanol–water partition coefficient (Wildman–Crippen LogP) is 3.24. The minimum absolute atomic E-state index is 0.169. The lowest BCUT2D eigenvalue weighted by Crippen LogP contribution is -1.91. The van der Waals surface area contributed by atoms with E-state index in [1.165, 1.54) is 0 Å². The lowest BCUT2D eigenvalue weighted by Gasteiger charge is -1.98. The molecule has 0 aliphatic heterocycles. The molecule has 0 spiro atoms. The fourth-order valence-corrected chi connectivity index (χ4v) is 1.37. The number of nitro groups is 1. The summed E-state index contributed by atoms with van der Waals surface area (Å²) in [6.45, 7) is 1.74. The van der Waals surface area contributed by atoms with Crippen LogP contribution in [0, 0.1) is 17.0 Å². The van der Waals surface area contributed by atoms with E-state index in [-0.39, 0.29) is 10.6 Å². The summed E-state index contributed by atoms with van der Waals surface area (Å²) in [7, 11) is 0. The Kier molecular flexibility index (Phi) is 4.37. The molecular formula is C11H13NO2S. The first kappa shape index (κ1) is 11.8. The number of allylic oxidation sites excluding steroid dienone is 1. The third-order valence-electron chi connectivity index (χ3n) is 2.04. The quantitative estimate of drug-likeness (QED) is 0.484. The highest BCUT2D eigenvalue weighted by Crippen LogP contribution is 2.19. The van der Waals surface area contributed by atoms with Crippen molar-refractivity contribution >= 4 is 24.4 Å². The molecule has 0 aliphatic rings. The molecule has 0 aromatic heterocycles. The highest BCUT2D eigenvalue weighted by molar-refractivity contribution is 7.80. The minimum Gasteiger partial charge on any atom is -0.258 e. The zero-order chi connectivity index (χ0) is 11.3. The maximum atomic E-state index is 10.7. The largest absolute Gasteiger partial charge is 0.272 e. The van der Waals surface area contributed by atoms with Gasteiger partial charge in [0.05, 0.1) is 4.92 Å². The van der Waals surface area contributed by atoms with E-state index in [1.54, 1.807) is 19.1 Å². The van der Waals surface area contributed by atoms with Gasteiger partial charge in [0, 0.05) is 11.6 Å². The van der Waals surface area contributed by atoms with Gasteiger partial charge in [-0.15, -0.1) is 0 Å². The van der Waals surface area contributed by atoms with Crippen molar-refractivity contribution in [1.29, 1.82) is 0 Å². The Labute approximate surface area is 94.4 Å². The summed E-state index contributed by atoms with van der Waals surface area (Å²) in [5.41, 5.74) is 1.71. The summed E-state index contributed by atoms with van der Waals surface area (Å²) in [6.07, 6.45) is 4.70. The fraction of sp³-hybridized carbons (Fsp3) is 0.273. The van der Waals surface area contributed by atoms with Crippen molar-refractivity contribution in [2.24, 2.45) is 0 Å². The summed E-state index contributed by atoms with van der Waals surface area (Å²) in [5.74, 6) is 0.782. The van der Waals surface area contributed by atoms with Gasteiger partial charge in [0.2, 0.25) is 0 Å². The molecule has 0 bridgehead atoms. The molecule has 3 nitrogen and oxygen atoms in total. The smallest absolute Gasteiger partial charge is 0.258 e. The van der Waals surface area contributed by atoms with E-state index in [1.807, 2.05) is 18.2 Å². The fourth-order valence-electron chi connectivity index (χ4n) is 1.22. The maximum absolute atomic E-state index is 10.7. The zero-order valence-electron chi connectivity index (χ0n) is 8.51. The molecule has 0 saturated carbocycles. The van der Waals surface area contributed by atoms with Crippen LogP contribution in [0.25, 0.3) is 6.08 Å². The van der Waals surface area contributed by atoms with Gasteiger partial charge in [-0.25, -0.2) is 0 Å². The number of nitro benzene ring substituents is 1. The highest BCUT2D eigenvalue weighted by Gasteiger charge is 2.09. The van der Waals surface area contributed by atoms with Crippen molar-refractivity contribution in [2.75, 3.05) is 5.75 Å². The number of aryl methyl sites for hydroxylation is 1. The number of thiol groups is 1. The third-order valence-corrected chi connectivity index (χ3v) is 2.29. The summed E-state index contributed by atoms with van der Waals surface area (Å²) < 4.78 is 0. The average Bonchev–Trinajstić information content (AvgIpc) is 2.20. The SMILES string of the molecule is Cc1ccc(C=CCCS)cc1[N+](=O)[O-]. The summed E-state index contributed by atoms with van der Waals surface area (Å²) in [6, 6.07) is 5.22. The van der Waals surface area contributed by atoms with E-state index in [0.29, 0.717) is 5.56 Å². The van der Waals surface area contributed by atoms with Crippen LogP contribution in [0.4, 0.5) is 5.69 Å². The first-order valence-corrected chi connectivity index (χ1v) is 5.31. The maximum Gasteiger partial charge on any atom is 0.272 e. The van der Waals surface area contributed by atoms with Crippen molar-refractivity contribution in [3.05, 3.63) is 45.5 Å². The Balaban J connectivity index is 2.92. The Morgan fingerprint density at radius 3 is 2.87 bits per heavy atom. The van der Waals surface area contributed by atoms with Crippen LogP contribution in [0.3, 0.4) is 0 Å². The van der Waals surface area contributed by atoms with Gasteiger partial charge in [0.15, 0.2) is 0 Å². The number of hydrogen-bond donors (Lipinski definition) is 1.